The molecule has 0 saturated carbocycles. The molecule has 0 aromatic carbocycles. The predicted octanol–water partition coefficient (Wildman–Crippen LogP) is 1.37. The molecule has 98 valence electrons. The molecule has 0 saturated heterocycles. The van der Waals surface area contributed by atoms with E-state index < -0.39 is 18.1 Å². The van der Waals surface area contributed by atoms with Gasteiger partial charge in [-0.15, -0.1) is 0 Å². The number of carbonyl (C=O) groups excluding carboxylic acids is 1. The number of rotatable bonds is 3. The molecule has 19 heavy (non-hydrogen) atoms. The van der Waals surface area contributed by atoms with Crippen LogP contribution in [-0.2, 0) is 14.3 Å². The number of hydrogen-bond donors (Lipinski definition) is 0. The first-order valence-electron chi connectivity index (χ1n) is 6.07. The largest absolute Gasteiger partial charge is 0.471 e. The number of hydrogen-bond acceptors (Lipinski definition) is 5. The lowest BCUT2D eigenvalue weighted by molar-refractivity contribution is -0.146. The third-order valence-electron chi connectivity index (χ3n) is 2.92. The van der Waals surface area contributed by atoms with Crippen molar-refractivity contribution >= 4 is 18.0 Å². The predicted molar refractivity (Wildman–Crippen MR) is 67.9 cm³/mol. The van der Waals surface area contributed by atoms with Crippen LogP contribution in [0.3, 0.4) is 0 Å². The second-order valence-electron chi connectivity index (χ2n) is 4.14. The molecular weight excluding hydrogens is 246 g/mol. The Hall–Kier alpha value is -2.37. The molecule has 6 heteroatoms. The summed E-state index contributed by atoms with van der Waals surface area (Å²) >= 11 is 0. The van der Waals surface area contributed by atoms with Gasteiger partial charge in [0.25, 0.3) is 0 Å². The minimum Gasteiger partial charge on any atom is -0.471 e. The maximum atomic E-state index is 11.8. The van der Waals surface area contributed by atoms with E-state index in [4.69, 9.17) is 9.47 Å². The first kappa shape index (κ1) is 11.7. The van der Waals surface area contributed by atoms with Gasteiger partial charge in [-0.3, -0.25) is 0 Å². The second kappa shape index (κ2) is 4.72. The summed E-state index contributed by atoms with van der Waals surface area (Å²) in [6.45, 7) is 2.08. The Bertz CT molecular complexity index is 602. The number of pyridine rings is 1. The van der Waals surface area contributed by atoms with Gasteiger partial charge >= 0.3 is 5.97 Å². The van der Waals surface area contributed by atoms with E-state index in [1.165, 1.54) is 6.40 Å². The number of fused-ring (bicyclic) bond motifs is 1. The monoisotopic (exact) mass is 259 g/mol. The average Bonchev–Trinajstić information content (AvgIpc) is 3.05. The summed E-state index contributed by atoms with van der Waals surface area (Å²) in [6, 6.07) is 5.03. The van der Waals surface area contributed by atoms with Gasteiger partial charge in [0.2, 0.25) is 0 Å². The van der Waals surface area contributed by atoms with Crippen LogP contribution in [0.1, 0.15) is 18.7 Å². The highest BCUT2D eigenvalue weighted by Gasteiger charge is 2.36. The molecule has 2 aromatic rings. The normalized spacial score (nSPS) is 21.5. The Morgan fingerprint density at radius 1 is 1.53 bits per heavy atom. The minimum atomic E-state index is -0.676. The maximum Gasteiger partial charge on any atom is 0.335 e. The van der Waals surface area contributed by atoms with E-state index in [0.717, 1.165) is 5.65 Å². The molecule has 0 radical (unpaired) electrons. The van der Waals surface area contributed by atoms with Gasteiger partial charge in [-0.05, 0) is 19.1 Å². The fourth-order valence-corrected chi connectivity index (χ4v) is 2.05. The van der Waals surface area contributed by atoms with E-state index in [0.29, 0.717) is 12.3 Å². The van der Waals surface area contributed by atoms with Gasteiger partial charge < -0.3 is 13.9 Å². The summed E-state index contributed by atoms with van der Waals surface area (Å²) in [5, 5.41) is 0. The highest BCUT2D eigenvalue weighted by molar-refractivity contribution is 5.80. The fraction of sp³-hybridized carbons (Fsp3) is 0.308. The topological polar surface area (TPSA) is 65.2 Å². The number of nitrogens with zero attached hydrogens (tertiary/aromatic N) is 3. The van der Waals surface area contributed by atoms with Crippen molar-refractivity contribution in [2.24, 2.45) is 4.99 Å². The van der Waals surface area contributed by atoms with Gasteiger partial charge in [0, 0.05) is 12.4 Å². The molecule has 1 aliphatic heterocycles. The van der Waals surface area contributed by atoms with E-state index in [-0.39, 0.29) is 0 Å². The summed E-state index contributed by atoms with van der Waals surface area (Å²) < 4.78 is 12.2. The van der Waals surface area contributed by atoms with Crippen LogP contribution in [-0.4, -0.2) is 34.4 Å². The highest BCUT2D eigenvalue weighted by Crippen LogP contribution is 2.27. The smallest absolute Gasteiger partial charge is 0.335 e. The van der Waals surface area contributed by atoms with Crippen LogP contribution in [0.15, 0.2) is 35.6 Å². The van der Waals surface area contributed by atoms with Gasteiger partial charge in [0.05, 0.1) is 6.61 Å². The molecule has 0 spiro atoms. The van der Waals surface area contributed by atoms with Crippen molar-refractivity contribution in [1.82, 2.24) is 9.38 Å². The van der Waals surface area contributed by atoms with Crippen LogP contribution in [0.2, 0.25) is 0 Å². The van der Waals surface area contributed by atoms with Crippen molar-refractivity contribution in [2.45, 2.75) is 19.1 Å². The van der Waals surface area contributed by atoms with Crippen molar-refractivity contribution in [1.29, 1.82) is 0 Å². The molecule has 1 aliphatic rings. The molecule has 2 atom stereocenters. The fourth-order valence-electron chi connectivity index (χ4n) is 2.05. The molecule has 6 nitrogen and oxygen atoms in total. The van der Waals surface area contributed by atoms with Crippen molar-refractivity contribution in [2.75, 3.05) is 6.61 Å². The van der Waals surface area contributed by atoms with Gasteiger partial charge in [-0.2, -0.15) is 0 Å². The van der Waals surface area contributed by atoms with Crippen LogP contribution in [0.25, 0.3) is 5.65 Å². The third-order valence-corrected chi connectivity index (χ3v) is 2.92. The molecule has 0 bridgehead atoms. The summed E-state index contributed by atoms with van der Waals surface area (Å²) in [6.07, 6.45) is 4.50. The van der Waals surface area contributed by atoms with Crippen LogP contribution >= 0.6 is 0 Å². The molecule has 0 fully saturated rings. The van der Waals surface area contributed by atoms with E-state index in [1.54, 1.807) is 6.92 Å². The van der Waals surface area contributed by atoms with Crippen LogP contribution in [0.5, 0.6) is 0 Å². The Kier molecular flexibility index (Phi) is 2.91. The number of carbonyl (C=O) groups is 1. The molecule has 2 unspecified atom stereocenters. The molecule has 3 rings (SSSR count). The molecule has 0 N–H and O–H groups in total. The zero-order chi connectivity index (χ0) is 13.2. The lowest BCUT2D eigenvalue weighted by Crippen LogP contribution is -2.26. The zero-order valence-corrected chi connectivity index (χ0v) is 10.4. The molecule has 2 aromatic heterocycles. The quantitative estimate of drug-likeness (QED) is 0.781. The maximum absolute atomic E-state index is 11.8. The van der Waals surface area contributed by atoms with Gasteiger partial charge in [-0.25, -0.2) is 14.8 Å². The number of aliphatic imine (C=N–C) groups is 1. The lowest BCUT2D eigenvalue weighted by Gasteiger charge is -2.13. The SMILES string of the molecule is CCOC(=O)C1N=COC1c1cn2ccccc2n1. The van der Waals surface area contributed by atoms with Crippen LogP contribution < -0.4 is 0 Å². The van der Waals surface area contributed by atoms with Gasteiger partial charge in [0.15, 0.2) is 18.5 Å². The number of imidazole rings is 1. The summed E-state index contributed by atoms with van der Waals surface area (Å²) in [7, 11) is 0. The van der Waals surface area contributed by atoms with E-state index in [1.807, 2.05) is 35.0 Å². The standard InChI is InChI=1S/C13H13N3O3/c1-2-18-13(17)11-12(19-8-14-11)9-7-16-6-4-3-5-10(16)15-9/h3-8,11-12H,2H2,1H3. The minimum absolute atomic E-state index is 0.322. The molecule has 0 amide bonds. The Balaban J connectivity index is 1.90. The van der Waals surface area contributed by atoms with Crippen molar-refractivity contribution < 1.29 is 14.3 Å². The third kappa shape index (κ3) is 2.05. The molecular formula is C13H13N3O3. The number of esters is 1. The van der Waals surface area contributed by atoms with E-state index in [9.17, 15) is 4.79 Å². The van der Waals surface area contributed by atoms with Gasteiger partial charge in [0.1, 0.15) is 11.3 Å². The lowest BCUT2D eigenvalue weighted by atomic mass is 10.1. The van der Waals surface area contributed by atoms with E-state index >= 15 is 0 Å². The summed E-state index contributed by atoms with van der Waals surface area (Å²) in [5.41, 5.74) is 1.47. The highest BCUT2D eigenvalue weighted by atomic mass is 16.5. The number of aromatic nitrogens is 2. The Morgan fingerprint density at radius 3 is 3.21 bits per heavy atom. The summed E-state index contributed by atoms with van der Waals surface area (Å²) in [4.78, 5) is 20.2. The Morgan fingerprint density at radius 2 is 2.42 bits per heavy atom. The average molecular weight is 259 g/mol. The zero-order valence-electron chi connectivity index (χ0n) is 10.4. The first-order valence-corrected chi connectivity index (χ1v) is 6.07. The second-order valence-corrected chi connectivity index (χ2v) is 4.14. The summed E-state index contributed by atoms with van der Waals surface area (Å²) in [5.74, 6) is -0.390. The van der Waals surface area contributed by atoms with Gasteiger partial charge in [-0.1, -0.05) is 6.07 Å². The van der Waals surface area contributed by atoms with E-state index in [2.05, 4.69) is 9.98 Å². The molecule has 0 aliphatic carbocycles. The van der Waals surface area contributed by atoms with Crippen molar-refractivity contribution in [3.8, 4) is 0 Å². The molecule has 3 heterocycles. The number of ether oxygens (including phenoxy) is 2. The first-order chi connectivity index (χ1) is 9.29. The van der Waals surface area contributed by atoms with Crippen LogP contribution in [0, 0.1) is 0 Å². The van der Waals surface area contributed by atoms with Crippen molar-refractivity contribution in [3.05, 3.63) is 36.3 Å². The Labute approximate surface area is 109 Å². The van der Waals surface area contributed by atoms with Crippen LogP contribution in [0.4, 0.5) is 0 Å². The van der Waals surface area contributed by atoms with Crippen molar-refractivity contribution in [3.63, 3.8) is 0 Å².